The van der Waals surface area contributed by atoms with Gasteiger partial charge in [0.25, 0.3) is 0 Å². The minimum Gasteiger partial charge on any atom is -0.496 e. The van der Waals surface area contributed by atoms with Crippen LogP contribution in [0.1, 0.15) is 25.3 Å². The van der Waals surface area contributed by atoms with Crippen molar-refractivity contribution in [3.05, 3.63) is 48.0 Å². The summed E-state index contributed by atoms with van der Waals surface area (Å²) in [4.78, 5) is 0. The predicted octanol–water partition coefficient (Wildman–Crippen LogP) is 4.07. The second-order valence-corrected chi connectivity index (χ2v) is 4.74. The molecule has 0 saturated heterocycles. The van der Waals surface area contributed by atoms with Gasteiger partial charge in [-0.3, -0.25) is 0 Å². The van der Waals surface area contributed by atoms with Gasteiger partial charge in [0, 0.05) is 11.3 Å². The quantitative estimate of drug-likeness (QED) is 0.822. The van der Waals surface area contributed by atoms with Crippen LogP contribution < -0.4 is 10.5 Å². The zero-order chi connectivity index (χ0) is 13.1. The molecular formula is C16H19NO. The van der Waals surface area contributed by atoms with Crippen molar-refractivity contribution < 1.29 is 4.74 Å². The SMILES string of the molecule is COc1ccc(C(C)C)cc1-c1cccc(N)c1. The van der Waals surface area contributed by atoms with Crippen LogP contribution >= 0.6 is 0 Å². The maximum Gasteiger partial charge on any atom is 0.126 e. The van der Waals surface area contributed by atoms with Crippen molar-refractivity contribution in [2.75, 3.05) is 12.8 Å². The lowest BCUT2D eigenvalue weighted by Crippen LogP contribution is -1.93. The van der Waals surface area contributed by atoms with E-state index in [1.807, 2.05) is 24.3 Å². The number of nitrogen functional groups attached to an aromatic ring is 1. The lowest BCUT2D eigenvalue weighted by atomic mass is 9.96. The van der Waals surface area contributed by atoms with Gasteiger partial charge in [0.2, 0.25) is 0 Å². The molecule has 2 heteroatoms. The average molecular weight is 241 g/mol. The van der Waals surface area contributed by atoms with E-state index in [0.29, 0.717) is 5.92 Å². The maximum atomic E-state index is 5.84. The Balaban J connectivity index is 2.56. The average Bonchev–Trinajstić information content (AvgIpc) is 2.38. The van der Waals surface area contributed by atoms with Crippen LogP contribution in [0.15, 0.2) is 42.5 Å². The number of methoxy groups -OCH3 is 1. The Kier molecular flexibility index (Phi) is 3.56. The molecule has 2 nitrogen and oxygen atoms in total. The van der Waals surface area contributed by atoms with E-state index < -0.39 is 0 Å². The summed E-state index contributed by atoms with van der Waals surface area (Å²) >= 11 is 0. The molecule has 2 rings (SSSR count). The molecule has 0 heterocycles. The van der Waals surface area contributed by atoms with Crippen molar-refractivity contribution in [3.63, 3.8) is 0 Å². The van der Waals surface area contributed by atoms with Crippen LogP contribution in [-0.2, 0) is 0 Å². The standard InChI is InChI=1S/C16H19NO/c1-11(2)12-7-8-16(18-3)15(10-12)13-5-4-6-14(17)9-13/h4-11H,17H2,1-3H3. The van der Waals surface area contributed by atoms with Gasteiger partial charge in [0.05, 0.1) is 7.11 Å². The molecule has 0 spiro atoms. The molecule has 0 unspecified atom stereocenters. The van der Waals surface area contributed by atoms with Gasteiger partial charge in [-0.1, -0.05) is 32.0 Å². The molecule has 0 radical (unpaired) electrons. The van der Waals surface area contributed by atoms with Gasteiger partial charge in [-0.2, -0.15) is 0 Å². The van der Waals surface area contributed by atoms with Gasteiger partial charge in [0.1, 0.15) is 5.75 Å². The Hall–Kier alpha value is -1.96. The minimum atomic E-state index is 0.496. The third-order valence-electron chi connectivity index (χ3n) is 3.09. The van der Waals surface area contributed by atoms with Crippen molar-refractivity contribution in [3.8, 4) is 16.9 Å². The second kappa shape index (κ2) is 5.13. The van der Waals surface area contributed by atoms with Gasteiger partial charge in [-0.05, 0) is 41.3 Å². The van der Waals surface area contributed by atoms with E-state index in [9.17, 15) is 0 Å². The monoisotopic (exact) mass is 241 g/mol. The number of hydrogen-bond acceptors (Lipinski definition) is 2. The Morgan fingerprint density at radius 1 is 1.06 bits per heavy atom. The van der Waals surface area contributed by atoms with Crippen LogP contribution in [0.5, 0.6) is 5.75 Å². The van der Waals surface area contributed by atoms with Gasteiger partial charge in [-0.25, -0.2) is 0 Å². The molecule has 0 aliphatic rings. The molecule has 0 saturated carbocycles. The first-order chi connectivity index (χ1) is 8.61. The van der Waals surface area contributed by atoms with Gasteiger partial charge in [-0.15, -0.1) is 0 Å². The highest BCUT2D eigenvalue weighted by atomic mass is 16.5. The molecule has 0 aliphatic carbocycles. The molecular weight excluding hydrogens is 222 g/mol. The number of rotatable bonds is 3. The number of hydrogen-bond donors (Lipinski definition) is 1. The summed E-state index contributed by atoms with van der Waals surface area (Å²) in [7, 11) is 1.69. The number of benzene rings is 2. The normalized spacial score (nSPS) is 10.7. The lowest BCUT2D eigenvalue weighted by molar-refractivity contribution is 0.416. The number of anilines is 1. The Morgan fingerprint density at radius 3 is 2.44 bits per heavy atom. The van der Waals surface area contributed by atoms with Crippen LogP contribution in [0, 0.1) is 0 Å². The molecule has 18 heavy (non-hydrogen) atoms. The summed E-state index contributed by atoms with van der Waals surface area (Å²) in [6.45, 7) is 4.37. The summed E-state index contributed by atoms with van der Waals surface area (Å²) in [5.41, 5.74) is 10.1. The smallest absolute Gasteiger partial charge is 0.126 e. The van der Waals surface area contributed by atoms with E-state index in [-0.39, 0.29) is 0 Å². The van der Waals surface area contributed by atoms with E-state index in [2.05, 4.69) is 32.0 Å². The van der Waals surface area contributed by atoms with E-state index in [1.54, 1.807) is 7.11 Å². The fourth-order valence-corrected chi connectivity index (χ4v) is 2.02. The van der Waals surface area contributed by atoms with E-state index in [0.717, 1.165) is 22.6 Å². The van der Waals surface area contributed by atoms with Crippen LogP contribution in [0.3, 0.4) is 0 Å². The zero-order valence-corrected chi connectivity index (χ0v) is 11.1. The van der Waals surface area contributed by atoms with Crippen molar-refractivity contribution in [2.24, 2.45) is 0 Å². The van der Waals surface area contributed by atoms with Crippen molar-refractivity contribution in [1.82, 2.24) is 0 Å². The first kappa shape index (κ1) is 12.5. The fourth-order valence-electron chi connectivity index (χ4n) is 2.02. The zero-order valence-electron chi connectivity index (χ0n) is 11.1. The van der Waals surface area contributed by atoms with E-state index in [4.69, 9.17) is 10.5 Å². The summed E-state index contributed by atoms with van der Waals surface area (Å²) in [6.07, 6.45) is 0. The largest absolute Gasteiger partial charge is 0.496 e. The third kappa shape index (κ3) is 2.48. The van der Waals surface area contributed by atoms with Crippen LogP contribution in [-0.4, -0.2) is 7.11 Å². The molecule has 0 fully saturated rings. The molecule has 0 amide bonds. The topological polar surface area (TPSA) is 35.2 Å². The minimum absolute atomic E-state index is 0.496. The first-order valence-corrected chi connectivity index (χ1v) is 6.15. The second-order valence-electron chi connectivity index (χ2n) is 4.74. The molecule has 0 atom stereocenters. The van der Waals surface area contributed by atoms with Gasteiger partial charge in [0.15, 0.2) is 0 Å². The third-order valence-corrected chi connectivity index (χ3v) is 3.09. The van der Waals surface area contributed by atoms with Gasteiger partial charge >= 0.3 is 0 Å². The maximum absolute atomic E-state index is 5.84. The van der Waals surface area contributed by atoms with E-state index in [1.165, 1.54) is 5.56 Å². The fraction of sp³-hybridized carbons (Fsp3) is 0.250. The van der Waals surface area contributed by atoms with Crippen molar-refractivity contribution >= 4 is 5.69 Å². The first-order valence-electron chi connectivity index (χ1n) is 6.15. The van der Waals surface area contributed by atoms with Crippen LogP contribution in [0.2, 0.25) is 0 Å². The highest BCUT2D eigenvalue weighted by Crippen LogP contribution is 2.33. The van der Waals surface area contributed by atoms with E-state index >= 15 is 0 Å². The predicted molar refractivity (Wildman–Crippen MR) is 76.9 cm³/mol. The molecule has 2 aromatic rings. The van der Waals surface area contributed by atoms with Crippen molar-refractivity contribution in [1.29, 1.82) is 0 Å². The van der Waals surface area contributed by atoms with Crippen LogP contribution in [0.25, 0.3) is 11.1 Å². The molecule has 0 bridgehead atoms. The lowest BCUT2D eigenvalue weighted by Gasteiger charge is -2.13. The van der Waals surface area contributed by atoms with Crippen molar-refractivity contribution in [2.45, 2.75) is 19.8 Å². The molecule has 0 aliphatic heterocycles. The highest BCUT2D eigenvalue weighted by Gasteiger charge is 2.09. The summed E-state index contributed by atoms with van der Waals surface area (Å²) < 4.78 is 5.43. The molecule has 0 aromatic heterocycles. The Morgan fingerprint density at radius 2 is 1.83 bits per heavy atom. The summed E-state index contributed by atoms with van der Waals surface area (Å²) in [5.74, 6) is 1.38. The molecule has 2 N–H and O–H groups in total. The number of nitrogens with two attached hydrogens (primary N) is 1. The Labute approximate surface area is 108 Å². The Bertz CT molecular complexity index is 547. The highest BCUT2D eigenvalue weighted by molar-refractivity contribution is 5.73. The van der Waals surface area contributed by atoms with Crippen LogP contribution in [0.4, 0.5) is 5.69 Å². The summed E-state index contributed by atoms with van der Waals surface area (Å²) in [5, 5.41) is 0. The molecule has 94 valence electrons. The summed E-state index contributed by atoms with van der Waals surface area (Å²) in [6, 6.07) is 14.2. The number of ether oxygens (including phenoxy) is 1. The van der Waals surface area contributed by atoms with Gasteiger partial charge < -0.3 is 10.5 Å². The molecule has 2 aromatic carbocycles.